The number of likely N-dealkylation sites (N-methyl/N-ethyl adjacent to an activating group) is 1. The predicted octanol–water partition coefficient (Wildman–Crippen LogP) is 0.866. The zero-order valence-corrected chi connectivity index (χ0v) is 9.05. The molecule has 0 aromatic heterocycles. The maximum absolute atomic E-state index is 8.91. The van der Waals surface area contributed by atoms with E-state index in [4.69, 9.17) is 5.21 Å². The lowest BCUT2D eigenvalue weighted by atomic mass is 9.90. The molecule has 0 atom stereocenters. The molecule has 1 aliphatic rings. The fourth-order valence-corrected chi connectivity index (χ4v) is 1.66. The van der Waals surface area contributed by atoms with Gasteiger partial charge in [0.05, 0.1) is 12.1 Å². The Labute approximate surface area is 79.6 Å². The molecule has 13 heavy (non-hydrogen) atoms. The highest BCUT2D eigenvalue weighted by atomic mass is 16.5. The predicted molar refractivity (Wildman–Crippen MR) is 53.1 cm³/mol. The number of aliphatic imine (C=N–C) groups is 1. The van der Waals surface area contributed by atoms with Crippen molar-refractivity contribution in [2.45, 2.75) is 38.8 Å². The van der Waals surface area contributed by atoms with Crippen LogP contribution < -0.4 is 5.48 Å². The molecule has 0 saturated heterocycles. The fourth-order valence-electron chi connectivity index (χ4n) is 1.66. The number of rotatable bonds is 0. The molecule has 0 fully saturated rings. The van der Waals surface area contributed by atoms with Crippen LogP contribution in [0.3, 0.4) is 0 Å². The molecule has 0 unspecified atom stereocenters. The quantitative estimate of drug-likeness (QED) is 0.550. The van der Waals surface area contributed by atoms with Crippen molar-refractivity contribution in [3.05, 3.63) is 0 Å². The summed E-state index contributed by atoms with van der Waals surface area (Å²) in [7, 11) is 2.05. The SMILES string of the molecule is CN1C(C)(C)CN=C(NO)C1(C)C. The van der Waals surface area contributed by atoms with E-state index in [1.165, 1.54) is 0 Å². The van der Waals surface area contributed by atoms with Crippen LogP contribution in [0.1, 0.15) is 27.7 Å². The van der Waals surface area contributed by atoms with Gasteiger partial charge < -0.3 is 0 Å². The molecule has 0 aliphatic carbocycles. The number of amidine groups is 1. The van der Waals surface area contributed by atoms with Gasteiger partial charge >= 0.3 is 0 Å². The Morgan fingerprint density at radius 1 is 1.38 bits per heavy atom. The van der Waals surface area contributed by atoms with Crippen LogP contribution in [-0.4, -0.2) is 40.6 Å². The van der Waals surface area contributed by atoms with Gasteiger partial charge in [-0.15, -0.1) is 0 Å². The molecule has 0 saturated carbocycles. The molecule has 2 N–H and O–H groups in total. The summed E-state index contributed by atoms with van der Waals surface area (Å²) in [6.45, 7) is 9.07. The first-order chi connectivity index (χ1) is 5.82. The topological polar surface area (TPSA) is 47.9 Å². The molecule has 1 rings (SSSR count). The van der Waals surface area contributed by atoms with Gasteiger partial charge in [-0.05, 0) is 34.7 Å². The molecule has 0 aromatic rings. The smallest absolute Gasteiger partial charge is 0.140 e. The fraction of sp³-hybridized carbons (Fsp3) is 0.889. The van der Waals surface area contributed by atoms with E-state index in [1.54, 1.807) is 0 Å². The van der Waals surface area contributed by atoms with E-state index >= 15 is 0 Å². The van der Waals surface area contributed by atoms with E-state index in [1.807, 2.05) is 20.9 Å². The zero-order chi connectivity index (χ0) is 10.3. The molecule has 4 heteroatoms. The average Bonchev–Trinajstić information content (AvgIpc) is 2.01. The Hall–Kier alpha value is -0.610. The summed E-state index contributed by atoms with van der Waals surface area (Å²) in [6, 6.07) is 0. The summed E-state index contributed by atoms with van der Waals surface area (Å²) in [4.78, 5) is 6.53. The zero-order valence-electron chi connectivity index (χ0n) is 9.05. The standard InChI is InChI=1S/C9H19N3O/c1-8(2)6-10-7(11-13)9(3,4)12(8)5/h13H,6H2,1-5H3,(H,10,11). The molecule has 0 spiro atoms. The molecule has 1 aliphatic heterocycles. The van der Waals surface area contributed by atoms with E-state index in [9.17, 15) is 0 Å². The Kier molecular flexibility index (Phi) is 2.38. The minimum atomic E-state index is -0.240. The monoisotopic (exact) mass is 185 g/mol. The minimum absolute atomic E-state index is 0.0455. The Balaban J connectivity index is 3.03. The van der Waals surface area contributed by atoms with Crippen molar-refractivity contribution in [1.29, 1.82) is 0 Å². The third kappa shape index (κ3) is 1.56. The number of nitrogens with one attached hydrogen (secondary N) is 1. The molecule has 1 heterocycles. The number of hydrogen-bond donors (Lipinski definition) is 2. The second-order valence-electron chi connectivity index (χ2n) is 4.71. The van der Waals surface area contributed by atoms with E-state index in [-0.39, 0.29) is 11.1 Å². The first-order valence-electron chi connectivity index (χ1n) is 4.51. The molecule has 4 nitrogen and oxygen atoms in total. The molecular formula is C9H19N3O. The Morgan fingerprint density at radius 2 is 1.92 bits per heavy atom. The van der Waals surface area contributed by atoms with E-state index in [0.29, 0.717) is 12.4 Å². The number of hydrogen-bond acceptors (Lipinski definition) is 4. The van der Waals surface area contributed by atoms with Crippen LogP contribution in [0, 0.1) is 0 Å². The second kappa shape index (κ2) is 2.96. The first kappa shape index (κ1) is 10.5. The van der Waals surface area contributed by atoms with Crippen LogP contribution in [0.25, 0.3) is 0 Å². The summed E-state index contributed by atoms with van der Waals surface area (Å²) in [6.07, 6.45) is 0. The Morgan fingerprint density at radius 3 is 2.38 bits per heavy atom. The van der Waals surface area contributed by atoms with Gasteiger partial charge in [0.15, 0.2) is 0 Å². The van der Waals surface area contributed by atoms with Crippen LogP contribution >= 0.6 is 0 Å². The van der Waals surface area contributed by atoms with Crippen molar-refractivity contribution in [1.82, 2.24) is 10.4 Å². The van der Waals surface area contributed by atoms with Gasteiger partial charge in [-0.3, -0.25) is 20.6 Å². The Bertz CT molecular complexity index is 233. The normalized spacial score (nSPS) is 26.8. The summed E-state index contributed by atoms with van der Waals surface area (Å²) in [5.41, 5.74) is 1.98. The largest absolute Gasteiger partial charge is 0.290 e. The molecule has 0 amide bonds. The van der Waals surface area contributed by atoms with E-state index in [2.05, 4.69) is 29.2 Å². The highest BCUT2D eigenvalue weighted by Gasteiger charge is 2.41. The molecule has 0 radical (unpaired) electrons. The maximum Gasteiger partial charge on any atom is 0.140 e. The number of nitrogens with zero attached hydrogens (tertiary/aromatic N) is 2. The van der Waals surface area contributed by atoms with Gasteiger partial charge in [0.1, 0.15) is 5.84 Å². The molecule has 0 aromatic carbocycles. The van der Waals surface area contributed by atoms with Crippen molar-refractivity contribution >= 4 is 5.84 Å². The van der Waals surface area contributed by atoms with Gasteiger partial charge in [0, 0.05) is 5.54 Å². The van der Waals surface area contributed by atoms with Crippen LogP contribution in [-0.2, 0) is 0 Å². The third-order valence-corrected chi connectivity index (χ3v) is 3.06. The lowest BCUT2D eigenvalue weighted by molar-refractivity contribution is 0.0690. The van der Waals surface area contributed by atoms with E-state index < -0.39 is 0 Å². The maximum atomic E-state index is 8.91. The summed E-state index contributed by atoms with van der Waals surface area (Å²) in [5.74, 6) is 0.634. The van der Waals surface area contributed by atoms with Crippen LogP contribution in [0.4, 0.5) is 0 Å². The first-order valence-corrected chi connectivity index (χ1v) is 4.51. The van der Waals surface area contributed by atoms with Crippen molar-refractivity contribution in [2.24, 2.45) is 4.99 Å². The van der Waals surface area contributed by atoms with Crippen LogP contribution in [0.2, 0.25) is 0 Å². The van der Waals surface area contributed by atoms with Gasteiger partial charge in [-0.25, -0.2) is 0 Å². The van der Waals surface area contributed by atoms with Crippen molar-refractivity contribution < 1.29 is 5.21 Å². The molecular weight excluding hydrogens is 166 g/mol. The molecule has 0 bridgehead atoms. The van der Waals surface area contributed by atoms with Crippen LogP contribution in [0.5, 0.6) is 0 Å². The highest BCUT2D eigenvalue weighted by Crippen LogP contribution is 2.28. The van der Waals surface area contributed by atoms with Crippen LogP contribution in [0.15, 0.2) is 4.99 Å². The summed E-state index contributed by atoms with van der Waals surface area (Å²) >= 11 is 0. The van der Waals surface area contributed by atoms with E-state index in [0.717, 1.165) is 0 Å². The second-order valence-corrected chi connectivity index (χ2v) is 4.71. The number of hydroxylamine groups is 1. The van der Waals surface area contributed by atoms with Gasteiger partial charge in [-0.1, -0.05) is 0 Å². The van der Waals surface area contributed by atoms with Gasteiger partial charge in [0.25, 0.3) is 0 Å². The molecule has 76 valence electrons. The average molecular weight is 185 g/mol. The van der Waals surface area contributed by atoms with Crippen molar-refractivity contribution in [3.63, 3.8) is 0 Å². The van der Waals surface area contributed by atoms with Crippen molar-refractivity contribution in [3.8, 4) is 0 Å². The summed E-state index contributed by atoms with van der Waals surface area (Å²) < 4.78 is 0. The lowest BCUT2D eigenvalue weighted by Crippen LogP contribution is -2.64. The highest BCUT2D eigenvalue weighted by molar-refractivity contribution is 5.90. The lowest BCUT2D eigenvalue weighted by Gasteiger charge is -2.48. The summed E-state index contributed by atoms with van der Waals surface area (Å²) in [5, 5.41) is 8.91. The minimum Gasteiger partial charge on any atom is -0.290 e. The van der Waals surface area contributed by atoms with Gasteiger partial charge in [0.2, 0.25) is 0 Å². The van der Waals surface area contributed by atoms with Gasteiger partial charge in [-0.2, -0.15) is 0 Å². The third-order valence-electron chi connectivity index (χ3n) is 3.06. The van der Waals surface area contributed by atoms with Crippen molar-refractivity contribution in [2.75, 3.05) is 13.6 Å².